The van der Waals surface area contributed by atoms with Gasteiger partial charge in [0, 0.05) is 38.3 Å². The van der Waals surface area contributed by atoms with E-state index in [0.717, 1.165) is 19.5 Å². The molecule has 1 aromatic carbocycles. The number of rotatable bonds is 7. The maximum Gasteiger partial charge on any atom is 0.260 e. The molecule has 0 aromatic heterocycles. The minimum atomic E-state index is -0.497. The van der Waals surface area contributed by atoms with Gasteiger partial charge < -0.3 is 20.5 Å². The van der Waals surface area contributed by atoms with Crippen LogP contribution in [0.5, 0.6) is 5.75 Å². The molecule has 1 aliphatic rings. The Hall–Kier alpha value is -2.12. The highest BCUT2D eigenvalue weighted by Crippen LogP contribution is 2.12. The average Bonchev–Trinajstić information content (AvgIpc) is 2.60. The van der Waals surface area contributed by atoms with Gasteiger partial charge in [0.1, 0.15) is 5.75 Å². The van der Waals surface area contributed by atoms with E-state index in [1.807, 2.05) is 6.92 Å². The molecule has 1 saturated heterocycles. The van der Waals surface area contributed by atoms with E-state index in [0.29, 0.717) is 30.9 Å². The molecule has 3 N–H and O–H groups in total. The Balaban J connectivity index is 1.74. The lowest BCUT2D eigenvalue weighted by atomic mass is 10.2. The zero-order chi connectivity index (χ0) is 17.5. The summed E-state index contributed by atoms with van der Waals surface area (Å²) >= 11 is 0. The quantitative estimate of drug-likeness (QED) is 0.736. The van der Waals surface area contributed by atoms with Crippen LogP contribution in [0, 0.1) is 0 Å². The predicted octanol–water partition coefficient (Wildman–Crippen LogP) is 0.0794. The molecule has 1 heterocycles. The molecule has 1 aliphatic heterocycles. The molecular formula is C17H25N3O4. The highest BCUT2D eigenvalue weighted by Gasteiger charge is 2.22. The maximum absolute atomic E-state index is 12.2. The Kier molecular flexibility index (Phi) is 6.57. The Morgan fingerprint density at radius 2 is 1.83 bits per heavy atom. The first kappa shape index (κ1) is 18.2. The van der Waals surface area contributed by atoms with Crippen LogP contribution in [-0.2, 0) is 4.79 Å². The van der Waals surface area contributed by atoms with E-state index >= 15 is 0 Å². The molecule has 0 saturated carbocycles. The summed E-state index contributed by atoms with van der Waals surface area (Å²) in [6, 6.07) is 6.38. The van der Waals surface area contributed by atoms with Crippen LogP contribution in [0.2, 0.25) is 0 Å². The van der Waals surface area contributed by atoms with Crippen LogP contribution in [0.15, 0.2) is 24.3 Å². The van der Waals surface area contributed by atoms with Crippen molar-refractivity contribution < 1.29 is 19.4 Å². The number of hydrogen-bond donors (Lipinski definition) is 2. The third kappa shape index (κ3) is 5.21. The number of aliphatic hydroxyl groups excluding tert-OH is 1. The number of nitrogens with two attached hydrogens (primary N) is 1. The Morgan fingerprint density at radius 3 is 2.38 bits per heavy atom. The minimum Gasteiger partial charge on any atom is -0.484 e. The van der Waals surface area contributed by atoms with Crippen molar-refractivity contribution in [3.05, 3.63) is 29.8 Å². The first-order valence-corrected chi connectivity index (χ1v) is 8.20. The fraction of sp³-hybridized carbons (Fsp3) is 0.529. The number of aliphatic hydroxyl groups is 1. The van der Waals surface area contributed by atoms with Crippen LogP contribution in [0.25, 0.3) is 0 Å². The second kappa shape index (κ2) is 8.65. The lowest BCUT2D eigenvalue weighted by molar-refractivity contribution is -0.135. The summed E-state index contributed by atoms with van der Waals surface area (Å²) in [7, 11) is 0. The first-order valence-electron chi connectivity index (χ1n) is 8.20. The molecular weight excluding hydrogens is 310 g/mol. The van der Waals surface area contributed by atoms with E-state index in [1.54, 1.807) is 29.2 Å². The number of carbonyl (C=O) groups excluding carboxylic acids is 2. The Labute approximate surface area is 142 Å². The lowest BCUT2D eigenvalue weighted by Gasteiger charge is -2.35. The van der Waals surface area contributed by atoms with Crippen molar-refractivity contribution in [2.45, 2.75) is 19.4 Å². The summed E-state index contributed by atoms with van der Waals surface area (Å²) in [5.41, 5.74) is 5.58. The van der Waals surface area contributed by atoms with E-state index in [-0.39, 0.29) is 18.6 Å². The molecule has 0 aliphatic carbocycles. The van der Waals surface area contributed by atoms with Crippen molar-refractivity contribution in [2.24, 2.45) is 5.73 Å². The summed E-state index contributed by atoms with van der Waals surface area (Å²) in [5.74, 6) is -0.0357. The fourth-order valence-corrected chi connectivity index (χ4v) is 2.56. The van der Waals surface area contributed by atoms with Gasteiger partial charge in [-0.1, -0.05) is 6.92 Å². The van der Waals surface area contributed by atoms with Gasteiger partial charge in [0.25, 0.3) is 5.91 Å². The number of amides is 2. The molecule has 2 amide bonds. The normalized spacial score (nSPS) is 16.7. The summed E-state index contributed by atoms with van der Waals surface area (Å²) in [4.78, 5) is 27.1. The van der Waals surface area contributed by atoms with Crippen LogP contribution >= 0.6 is 0 Å². The summed E-state index contributed by atoms with van der Waals surface area (Å²) in [6.45, 7) is 5.37. The number of β-amino-alcohol motifs (C(OH)–C–C–N with tert-alkyl or cyclic N) is 1. The number of piperazine rings is 1. The summed E-state index contributed by atoms with van der Waals surface area (Å²) in [5, 5.41) is 9.68. The van der Waals surface area contributed by atoms with Crippen LogP contribution in [-0.4, -0.2) is 72.2 Å². The van der Waals surface area contributed by atoms with E-state index < -0.39 is 5.91 Å². The van der Waals surface area contributed by atoms with E-state index in [1.165, 1.54) is 0 Å². The third-order valence-electron chi connectivity index (χ3n) is 4.17. The lowest BCUT2D eigenvalue weighted by Crippen LogP contribution is -2.51. The monoisotopic (exact) mass is 335 g/mol. The van der Waals surface area contributed by atoms with E-state index in [4.69, 9.17) is 10.5 Å². The summed E-state index contributed by atoms with van der Waals surface area (Å²) < 4.78 is 5.47. The predicted molar refractivity (Wildman–Crippen MR) is 89.8 cm³/mol. The first-order chi connectivity index (χ1) is 11.5. The van der Waals surface area contributed by atoms with Crippen molar-refractivity contribution in [2.75, 3.05) is 39.3 Å². The van der Waals surface area contributed by atoms with Gasteiger partial charge in [-0.3, -0.25) is 14.5 Å². The molecule has 0 spiro atoms. The van der Waals surface area contributed by atoms with Gasteiger partial charge in [0.05, 0.1) is 6.10 Å². The molecule has 1 fully saturated rings. The average molecular weight is 335 g/mol. The van der Waals surface area contributed by atoms with E-state index in [2.05, 4.69) is 4.90 Å². The number of benzene rings is 1. The number of hydrogen-bond acceptors (Lipinski definition) is 5. The second-order valence-corrected chi connectivity index (χ2v) is 5.92. The molecule has 7 nitrogen and oxygen atoms in total. The van der Waals surface area contributed by atoms with Crippen LogP contribution in [0.1, 0.15) is 23.7 Å². The topological polar surface area (TPSA) is 96.1 Å². The van der Waals surface area contributed by atoms with Crippen LogP contribution < -0.4 is 10.5 Å². The molecule has 2 rings (SSSR count). The number of carbonyl (C=O) groups is 2. The molecule has 0 bridgehead atoms. The largest absolute Gasteiger partial charge is 0.484 e. The Morgan fingerprint density at radius 1 is 1.21 bits per heavy atom. The van der Waals surface area contributed by atoms with Crippen molar-refractivity contribution in [3.63, 3.8) is 0 Å². The molecule has 132 valence electrons. The molecule has 1 atom stereocenters. The second-order valence-electron chi connectivity index (χ2n) is 5.92. The van der Waals surface area contributed by atoms with Gasteiger partial charge in [-0.05, 0) is 30.7 Å². The zero-order valence-electron chi connectivity index (χ0n) is 14.0. The number of primary amides is 1. The third-order valence-corrected chi connectivity index (χ3v) is 4.17. The number of ether oxygens (including phenoxy) is 1. The molecule has 24 heavy (non-hydrogen) atoms. The number of nitrogens with zero attached hydrogens (tertiary/aromatic N) is 2. The zero-order valence-corrected chi connectivity index (χ0v) is 14.0. The smallest absolute Gasteiger partial charge is 0.260 e. The molecule has 1 aromatic rings. The van der Waals surface area contributed by atoms with Crippen molar-refractivity contribution in [1.82, 2.24) is 9.80 Å². The van der Waals surface area contributed by atoms with Gasteiger partial charge in [-0.2, -0.15) is 0 Å². The van der Waals surface area contributed by atoms with Gasteiger partial charge in [0.2, 0.25) is 5.91 Å². The van der Waals surface area contributed by atoms with Gasteiger partial charge in [0.15, 0.2) is 6.61 Å². The van der Waals surface area contributed by atoms with Crippen LogP contribution in [0.3, 0.4) is 0 Å². The van der Waals surface area contributed by atoms with Gasteiger partial charge in [-0.15, -0.1) is 0 Å². The van der Waals surface area contributed by atoms with Crippen molar-refractivity contribution in [3.8, 4) is 5.75 Å². The summed E-state index contributed by atoms with van der Waals surface area (Å²) in [6.07, 6.45) is 0.431. The van der Waals surface area contributed by atoms with Gasteiger partial charge >= 0.3 is 0 Å². The van der Waals surface area contributed by atoms with Crippen molar-refractivity contribution in [1.29, 1.82) is 0 Å². The highest BCUT2D eigenvalue weighted by molar-refractivity contribution is 5.92. The van der Waals surface area contributed by atoms with Crippen LogP contribution in [0.4, 0.5) is 0 Å². The molecule has 7 heteroatoms. The highest BCUT2D eigenvalue weighted by atomic mass is 16.5. The Bertz CT molecular complexity index is 553. The standard InChI is InChI=1S/C17H25N3O4/c1-2-14(21)11-19-7-9-20(10-8-19)16(22)12-24-15-5-3-13(4-6-15)17(18)23/h3-6,14,21H,2,7-12H2,1H3,(H2,18,23). The molecule has 0 radical (unpaired) electrons. The minimum absolute atomic E-state index is 0.0342. The SMILES string of the molecule is CCC(O)CN1CCN(C(=O)COc2ccc(C(N)=O)cc2)CC1. The van der Waals surface area contributed by atoms with E-state index in [9.17, 15) is 14.7 Å². The fourth-order valence-electron chi connectivity index (χ4n) is 2.56. The van der Waals surface area contributed by atoms with Crippen molar-refractivity contribution >= 4 is 11.8 Å². The van der Waals surface area contributed by atoms with Gasteiger partial charge in [-0.25, -0.2) is 0 Å². The molecule has 1 unspecified atom stereocenters. The maximum atomic E-state index is 12.2.